The van der Waals surface area contributed by atoms with E-state index in [-0.39, 0.29) is 24.3 Å². The summed E-state index contributed by atoms with van der Waals surface area (Å²) in [6.07, 6.45) is 1.34. The number of thiazole rings is 1. The van der Waals surface area contributed by atoms with Gasteiger partial charge >= 0.3 is 0 Å². The smallest absolute Gasteiger partial charge is 0.238 e. The van der Waals surface area contributed by atoms with Gasteiger partial charge in [0.25, 0.3) is 0 Å². The molecule has 33 heavy (non-hydrogen) atoms. The van der Waals surface area contributed by atoms with Crippen LogP contribution in [0.25, 0.3) is 10.2 Å². The molecule has 0 saturated heterocycles. The number of benzene rings is 2. The van der Waals surface area contributed by atoms with Crippen LogP contribution in [0.5, 0.6) is 0 Å². The highest BCUT2D eigenvalue weighted by molar-refractivity contribution is 7.18. The third-order valence-corrected chi connectivity index (χ3v) is 6.52. The molecule has 0 spiro atoms. The van der Waals surface area contributed by atoms with Gasteiger partial charge in [0.15, 0.2) is 0 Å². The molecular formula is C24H32N6O2S. The van der Waals surface area contributed by atoms with Gasteiger partial charge in [0.1, 0.15) is 5.01 Å². The highest BCUT2D eigenvalue weighted by Gasteiger charge is 2.25. The first-order chi connectivity index (χ1) is 16.0. The summed E-state index contributed by atoms with van der Waals surface area (Å²) in [5, 5.41) is 3.86. The quantitative estimate of drug-likeness (QED) is 0.318. The van der Waals surface area contributed by atoms with Gasteiger partial charge in [-0.05, 0) is 30.5 Å². The molecule has 0 fully saturated rings. The van der Waals surface area contributed by atoms with Gasteiger partial charge in [-0.3, -0.25) is 9.59 Å². The molecule has 2 amide bonds. The van der Waals surface area contributed by atoms with E-state index in [9.17, 15) is 9.59 Å². The molecule has 2 aromatic carbocycles. The molecule has 3 aromatic rings. The first kappa shape index (κ1) is 24.8. The van der Waals surface area contributed by atoms with Crippen molar-refractivity contribution in [2.24, 2.45) is 17.2 Å². The van der Waals surface area contributed by atoms with Gasteiger partial charge < -0.3 is 27.4 Å². The first-order valence-corrected chi connectivity index (χ1v) is 12.0. The van der Waals surface area contributed by atoms with E-state index in [2.05, 4.69) is 17.4 Å². The Morgan fingerprint density at radius 2 is 1.67 bits per heavy atom. The van der Waals surface area contributed by atoms with Crippen LogP contribution in [-0.4, -0.2) is 53.9 Å². The van der Waals surface area contributed by atoms with E-state index in [1.165, 1.54) is 5.56 Å². The van der Waals surface area contributed by atoms with Crippen LogP contribution in [0.2, 0.25) is 0 Å². The third kappa shape index (κ3) is 7.06. The number of carbonyl (C=O) groups excluding carboxylic acids is 2. The maximum absolute atomic E-state index is 12.9. The van der Waals surface area contributed by atoms with Crippen LogP contribution >= 0.6 is 11.3 Å². The fourth-order valence-electron chi connectivity index (χ4n) is 3.61. The number of carbonyl (C=O) groups is 2. The SMILES string of the molecule is NCCN(CCN)C(=O)C[C@H](N)C(=O)N[C@@H](CCc1ccccc1)c1nc2ccccc2s1. The molecule has 0 aliphatic carbocycles. The van der Waals surface area contributed by atoms with Crippen molar-refractivity contribution in [3.63, 3.8) is 0 Å². The lowest BCUT2D eigenvalue weighted by Gasteiger charge is -2.24. The highest BCUT2D eigenvalue weighted by atomic mass is 32.1. The topological polar surface area (TPSA) is 140 Å². The van der Waals surface area contributed by atoms with Crippen molar-refractivity contribution in [2.45, 2.75) is 31.3 Å². The van der Waals surface area contributed by atoms with Gasteiger partial charge in [-0.1, -0.05) is 42.5 Å². The molecule has 0 bridgehead atoms. The molecule has 1 aromatic heterocycles. The Morgan fingerprint density at radius 1 is 1.00 bits per heavy atom. The summed E-state index contributed by atoms with van der Waals surface area (Å²) in [6, 6.07) is 16.7. The summed E-state index contributed by atoms with van der Waals surface area (Å²) in [4.78, 5) is 31.8. The lowest BCUT2D eigenvalue weighted by atomic mass is 10.0. The van der Waals surface area contributed by atoms with E-state index in [0.29, 0.717) is 32.6 Å². The van der Waals surface area contributed by atoms with Crippen LogP contribution in [0.4, 0.5) is 0 Å². The van der Waals surface area contributed by atoms with Crippen molar-refractivity contribution in [3.05, 3.63) is 65.2 Å². The molecule has 7 N–H and O–H groups in total. The second-order valence-electron chi connectivity index (χ2n) is 7.87. The number of fused-ring (bicyclic) bond motifs is 1. The standard InChI is InChI=1S/C24H32N6O2S/c25-12-14-30(15-13-26)22(31)16-18(27)23(32)28-20(11-10-17-6-2-1-3-7-17)24-29-19-8-4-5-9-21(19)33-24/h1-9,18,20H,10-16,25-27H2,(H,28,32)/t18-,20-/m0/s1. The molecule has 0 aliphatic heterocycles. The third-order valence-electron chi connectivity index (χ3n) is 5.37. The number of aromatic nitrogens is 1. The lowest BCUT2D eigenvalue weighted by molar-refractivity contribution is -0.134. The summed E-state index contributed by atoms with van der Waals surface area (Å²) >= 11 is 1.56. The average molecular weight is 469 g/mol. The van der Waals surface area contributed by atoms with Crippen LogP contribution < -0.4 is 22.5 Å². The highest BCUT2D eigenvalue weighted by Crippen LogP contribution is 2.29. The lowest BCUT2D eigenvalue weighted by Crippen LogP contribution is -2.47. The summed E-state index contributed by atoms with van der Waals surface area (Å²) in [7, 11) is 0. The van der Waals surface area contributed by atoms with E-state index < -0.39 is 6.04 Å². The molecular weight excluding hydrogens is 436 g/mol. The number of nitrogens with two attached hydrogens (primary N) is 3. The monoisotopic (exact) mass is 468 g/mol. The molecule has 9 heteroatoms. The normalized spacial score (nSPS) is 12.9. The van der Waals surface area contributed by atoms with E-state index in [1.54, 1.807) is 16.2 Å². The summed E-state index contributed by atoms with van der Waals surface area (Å²) in [5.74, 6) is -0.601. The molecule has 0 saturated carbocycles. The van der Waals surface area contributed by atoms with Crippen LogP contribution in [-0.2, 0) is 16.0 Å². The number of nitrogens with zero attached hydrogens (tertiary/aromatic N) is 2. The van der Waals surface area contributed by atoms with Gasteiger partial charge in [-0.15, -0.1) is 11.3 Å². The minimum absolute atomic E-state index is 0.100. The Balaban J connectivity index is 1.71. The fourth-order valence-corrected chi connectivity index (χ4v) is 4.67. The van der Waals surface area contributed by atoms with Crippen molar-refractivity contribution in [1.82, 2.24) is 15.2 Å². The van der Waals surface area contributed by atoms with Crippen LogP contribution in [0.1, 0.15) is 29.5 Å². The summed E-state index contributed by atoms with van der Waals surface area (Å²) in [5.41, 5.74) is 19.4. The van der Waals surface area contributed by atoms with Gasteiger partial charge in [-0.25, -0.2) is 4.98 Å². The van der Waals surface area contributed by atoms with Crippen LogP contribution in [0, 0.1) is 0 Å². The molecule has 0 radical (unpaired) electrons. The maximum Gasteiger partial charge on any atom is 0.238 e. The predicted octanol–water partition coefficient (Wildman–Crippen LogP) is 1.55. The number of rotatable bonds is 12. The van der Waals surface area contributed by atoms with Gasteiger partial charge in [0.2, 0.25) is 11.8 Å². The Morgan fingerprint density at radius 3 is 2.33 bits per heavy atom. The number of hydrogen-bond donors (Lipinski definition) is 4. The second kappa shape index (κ2) is 12.4. The van der Waals surface area contributed by atoms with Gasteiger partial charge in [-0.2, -0.15) is 0 Å². The zero-order valence-electron chi connectivity index (χ0n) is 18.7. The largest absolute Gasteiger partial charge is 0.345 e. The van der Waals surface area contributed by atoms with Crippen molar-refractivity contribution in [3.8, 4) is 0 Å². The van der Waals surface area contributed by atoms with Crippen LogP contribution in [0.15, 0.2) is 54.6 Å². The minimum Gasteiger partial charge on any atom is -0.345 e. The molecule has 3 rings (SSSR count). The number of nitrogens with one attached hydrogen (secondary N) is 1. The summed E-state index contributed by atoms with van der Waals surface area (Å²) in [6.45, 7) is 1.42. The van der Waals surface area contributed by atoms with Crippen LogP contribution in [0.3, 0.4) is 0 Å². The second-order valence-corrected chi connectivity index (χ2v) is 8.94. The van der Waals surface area contributed by atoms with Gasteiger partial charge in [0, 0.05) is 26.2 Å². The molecule has 2 atom stereocenters. The predicted molar refractivity (Wildman–Crippen MR) is 133 cm³/mol. The fraction of sp³-hybridized carbons (Fsp3) is 0.375. The molecule has 176 valence electrons. The number of hydrogen-bond acceptors (Lipinski definition) is 7. The van der Waals surface area contributed by atoms with Crippen molar-refractivity contribution < 1.29 is 9.59 Å². The summed E-state index contributed by atoms with van der Waals surface area (Å²) < 4.78 is 1.06. The Bertz CT molecular complexity index is 1000. The Kier molecular flexibility index (Phi) is 9.32. The number of aryl methyl sites for hydroxylation is 1. The molecule has 0 aliphatic rings. The van der Waals surface area contributed by atoms with E-state index in [4.69, 9.17) is 22.2 Å². The molecule has 8 nitrogen and oxygen atoms in total. The average Bonchev–Trinajstić information content (AvgIpc) is 3.26. The maximum atomic E-state index is 12.9. The number of para-hydroxylation sites is 1. The Hall–Kier alpha value is -2.85. The first-order valence-electron chi connectivity index (χ1n) is 11.1. The van der Waals surface area contributed by atoms with Crippen molar-refractivity contribution >= 4 is 33.4 Å². The Labute approximate surface area is 198 Å². The molecule has 1 heterocycles. The van der Waals surface area contributed by atoms with Crippen molar-refractivity contribution in [2.75, 3.05) is 26.2 Å². The number of amides is 2. The molecule has 0 unspecified atom stereocenters. The van der Waals surface area contributed by atoms with E-state index >= 15 is 0 Å². The van der Waals surface area contributed by atoms with E-state index in [1.807, 2.05) is 42.5 Å². The zero-order valence-corrected chi connectivity index (χ0v) is 19.5. The van der Waals surface area contributed by atoms with Gasteiger partial charge in [0.05, 0.1) is 28.7 Å². The zero-order chi connectivity index (χ0) is 23.6. The van der Waals surface area contributed by atoms with Crippen molar-refractivity contribution in [1.29, 1.82) is 0 Å². The van der Waals surface area contributed by atoms with E-state index in [0.717, 1.165) is 21.6 Å². The minimum atomic E-state index is -0.968.